The first-order valence-electron chi connectivity index (χ1n) is 3.52. The smallest absolute Gasteiger partial charge is 0.0938 e. The van der Waals surface area contributed by atoms with Crippen molar-refractivity contribution in [2.75, 3.05) is 26.2 Å². The Balaban J connectivity index is 2.27. The molecule has 0 amide bonds. The van der Waals surface area contributed by atoms with Gasteiger partial charge >= 0.3 is 0 Å². The molecule has 1 rings (SSSR count). The number of aliphatic hydroxyl groups is 2. The molecule has 60 valence electrons. The molecule has 1 aliphatic rings. The first-order chi connectivity index (χ1) is 4.74. The summed E-state index contributed by atoms with van der Waals surface area (Å²) in [6.07, 6.45) is -1.15. The summed E-state index contributed by atoms with van der Waals surface area (Å²) in [5.41, 5.74) is 5.29. The molecule has 2 atom stereocenters. The van der Waals surface area contributed by atoms with Gasteiger partial charge in [-0.05, 0) is 0 Å². The van der Waals surface area contributed by atoms with Crippen molar-refractivity contribution in [3.8, 4) is 0 Å². The standard InChI is InChI=1S/C6H14N2O2/c7-1-2-8-3-5(9)6(10)4-8/h5-6,9-10H,1-4,7H2/t5-,6-/m0/s1. The van der Waals surface area contributed by atoms with E-state index in [9.17, 15) is 0 Å². The largest absolute Gasteiger partial charge is 0.389 e. The van der Waals surface area contributed by atoms with Gasteiger partial charge in [-0.15, -0.1) is 0 Å². The van der Waals surface area contributed by atoms with E-state index in [2.05, 4.69) is 0 Å². The molecule has 1 heterocycles. The van der Waals surface area contributed by atoms with Gasteiger partial charge in [0.05, 0.1) is 12.2 Å². The Morgan fingerprint density at radius 2 is 1.80 bits per heavy atom. The number of rotatable bonds is 2. The Morgan fingerprint density at radius 3 is 2.20 bits per heavy atom. The van der Waals surface area contributed by atoms with E-state index in [0.29, 0.717) is 19.6 Å². The molecule has 0 unspecified atom stereocenters. The summed E-state index contributed by atoms with van der Waals surface area (Å²) in [5, 5.41) is 18.1. The van der Waals surface area contributed by atoms with E-state index in [1.165, 1.54) is 0 Å². The highest BCUT2D eigenvalue weighted by Gasteiger charge is 2.28. The van der Waals surface area contributed by atoms with Crippen LogP contribution in [0.3, 0.4) is 0 Å². The van der Waals surface area contributed by atoms with Crippen LogP contribution >= 0.6 is 0 Å². The normalized spacial score (nSPS) is 35.1. The molecule has 0 aromatic rings. The quantitative estimate of drug-likeness (QED) is 0.421. The van der Waals surface area contributed by atoms with Gasteiger partial charge in [-0.3, -0.25) is 4.90 Å². The average Bonchev–Trinajstić information content (AvgIpc) is 2.14. The third kappa shape index (κ3) is 1.67. The van der Waals surface area contributed by atoms with Crippen molar-refractivity contribution in [3.05, 3.63) is 0 Å². The molecular formula is C6H14N2O2. The third-order valence-corrected chi connectivity index (χ3v) is 1.78. The maximum atomic E-state index is 9.06. The Morgan fingerprint density at radius 1 is 1.30 bits per heavy atom. The van der Waals surface area contributed by atoms with E-state index in [0.717, 1.165) is 6.54 Å². The molecule has 4 nitrogen and oxygen atoms in total. The zero-order valence-corrected chi connectivity index (χ0v) is 5.90. The molecule has 1 aliphatic heterocycles. The fourth-order valence-electron chi connectivity index (χ4n) is 1.21. The fraction of sp³-hybridized carbons (Fsp3) is 1.00. The van der Waals surface area contributed by atoms with Crippen molar-refractivity contribution in [2.24, 2.45) is 5.73 Å². The van der Waals surface area contributed by atoms with Crippen LogP contribution in [0.1, 0.15) is 0 Å². The second-order valence-electron chi connectivity index (χ2n) is 2.68. The van der Waals surface area contributed by atoms with Gasteiger partial charge in [0.2, 0.25) is 0 Å². The van der Waals surface area contributed by atoms with Gasteiger partial charge in [0.25, 0.3) is 0 Å². The Hall–Kier alpha value is -0.160. The Labute approximate surface area is 60.2 Å². The average molecular weight is 146 g/mol. The summed E-state index contributed by atoms with van der Waals surface area (Å²) >= 11 is 0. The topological polar surface area (TPSA) is 69.7 Å². The van der Waals surface area contributed by atoms with Crippen LogP contribution in [0.2, 0.25) is 0 Å². The number of hydrogen-bond donors (Lipinski definition) is 3. The van der Waals surface area contributed by atoms with Crippen LogP contribution in [-0.2, 0) is 0 Å². The van der Waals surface area contributed by atoms with Crippen LogP contribution in [0.15, 0.2) is 0 Å². The van der Waals surface area contributed by atoms with Crippen LogP contribution in [0.4, 0.5) is 0 Å². The molecule has 0 aromatic carbocycles. The van der Waals surface area contributed by atoms with E-state index < -0.39 is 12.2 Å². The van der Waals surface area contributed by atoms with Crippen molar-refractivity contribution >= 4 is 0 Å². The SMILES string of the molecule is NCCN1C[C@H](O)[C@@H](O)C1. The van der Waals surface area contributed by atoms with Crippen LogP contribution < -0.4 is 5.73 Å². The minimum atomic E-state index is -0.577. The minimum absolute atomic E-state index is 0.554. The number of hydrogen-bond acceptors (Lipinski definition) is 4. The van der Waals surface area contributed by atoms with Crippen LogP contribution in [0.25, 0.3) is 0 Å². The second-order valence-corrected chi connectivity index (χ2v) is 2.68. The van der Waals surface area contributed by atoms with Crippen molar-refractivity contribution in [2.45, 2.75) is 12.2 Å². The van der Waals surface area contributed by atoms with E-state index in [1.54, 1.807) is 0 Å². The number of aliphatic hydroxyl groups excluding tert-OH is 2. The fourth-order valence-corrected chi connectivity index (χ4v) is 1.21. The van der Waals surface area contributed by atoms with Crippen LogP contribution in [-0.4, -0.2) is 53.5 Å². The monoisotopic (exact) mass is 146 g/mol. The van der Waals surface area contributed by atoms with Gasteiger partial charge in [-0.25, -0.2) is 0 Å². The molecule has 10 heavy (non-hydrogen) atoms. The number of nitrogens with zero attached hydrogens (tertiary/aromatic N) is 1. The second kappa shape index (κ2) is 3.30. The highest BCUT2D eigenvalue weighted by atomic mass is 16.3. The first-order valence-corrected chi connectivity index (χ1v) is 3.52. The van der Waals surface area contributed by atoms with Gasteiger partial charge in [0.15, 0.2) is 0 Å². The third-order valence-electron chi connectivity index (χ3n) is 1.78. The Bertz CT molecular complexity index is 99.9. The summed E-state index contributed by atoms with van der Waals surface area (Å²) in [7, 11) is 0. The molecule has 4 N–H and O–H groups in total. The first kappa shape index (κ1) is 7.94. The zero-order valence-electron chi connectivity index (χ0n) is 5.90. The molecule has 0 saturated carbocycles. The molecule has 0 aromatic heterocycles. The predicted molar refractivity (Wildman–Crippen MR) is 37.5 cm³/mol. The maximum absolute atomic E-state index is 9.06. The van der Waals surface area contributed by atoms with Crippen LogP contribution in [0, 0.1) is 0 Å². The van der Waals surface area contributed by atoms with Gasteiger partial charge in [-0.1, -0.05) is 0 Å². The molecule has 0 aliphatic carbocycles. The van der Waals surface area contributed by atoms with Crippen molar-refractivity contribution < 1.29 is 10.2 Å². The molecule has 4 heteroatoms. The van der Waals surface area contributed by atoms with E-state index in [1.807, 2.05) is 4.90 Å². The van der Waals surface area contributed by atoms with Crippen molar-refractivity contribution in [3.63, 3.8) is 0 Å². The number of likely N-dealkylation sites (tertiary alicyclic amines) is 1. The highest BCUT2D eigenvalue weighted by molar-refractivity contribution is 4.82. The van der Waals surface area contributed by atoms with Gasteiger partial charge in [-0.2, -0.15) is 0 Å². The summed E-state index contributed by atoms with van der Waals surface area (Å²) in [6, 6.07) is 0. The summed E-state index contributed by atoms with van der Waals surface area (Å²) in [5.74, 6) is 0. The lowest BCUT2D eigenvalue weighted by atomic mass is 10.3. The van der Waals surface area contributed by atoms with Gasteiger partial charge in [0, 0.05) is 26.2 Å². The molecule has 1 fully saturated rings. The lowest BCUT2D eigenvalue weighted by Gasteiger charge is -2.11. The number of β-amino-alcohol motifs (C(OH)–C–C–N with tert-alkyl or cyclic N) is 2. The lowest BCUT2D eigenvalue weighted by Crippen LogP contribution is -2.28. The summed E-state index contributed by atoms with van der Waals surface area (Å²) in [6.45, 7) is 2.45. The summed E-state index contributed by atoms with van der Waals surface area (Å²) < 4.78 is 0. The van der Waals surface area contributed by atoms with E-state index in [4.69, 9.17) is 15.9 Å². The van der Waals surface area contributed by atoms with Gasteiger partial charge < -0.3 is 15.9 Å². The number of nitrogens with two attached hydrogens (primary N) is 1. The van der Waals surface area contributed by atoms with Gasteiger partial charge in [0.1, 0.15) is 0 Å². The van der Waals surface area contributed by atoms with Crippen molar-refractivity contribution in [1.82, 2.24) is 4.90 Å². The molecule has 1 saturated heterocycles. The van der Waals surface area contributed by atoms with E-state index >= 15 is 0 Å². The predicted octanol–water partition coefficient (Wildman–Crippen LogP) is -2.02. The van der Waals surface area contributed by atoms with Crippen LogP contribution in [0.5, 0.6) is 0 Å². The molecule has 0 bridgehead atoms. The summed E-state index contributed by atoms with van der Waals surface area (Å²) in [4.78, 5) is 1.95. The maximum Gasteiger partial charge on any atom is 0.0938 e. The highest BCUT2D eigenvalue weighted by Crippen LogP contribution is 2.07. The zero-order chi connectivity index (χ0) is 7.56. The lowest BCUT2D eigenvalue weighted by molar-refractivity contribution is 0.0572. The molecular weight excluding hydrogens is 132 g/mol. The Kier molecular flexibility index (Phi) is 2.62. The minimum Gasteiger partial charge on any atom is -0.389 e. The molecule has 0 spiro atoms. The van der Waals surface area contributed by atoms with E-state index in [-0.39, 0.29) is 0 Å². The van der Waals surface area contributed by atoms with Crippen molar-refractivity contribution in [1.29, 1.82) is 0 Å². The molecule has 0 radical (unpaired) electrons.